The maximum absolute atomic E-state index is 12.7. The van der Waals surface area contributed by atoms with Gasteiger partial charge in [0.1, 0.15) is 5.75 Å². The average molecular weight is 460 g/mol. The Kier molecular flexibility index (Phi) is 5.99. The Hall–Kier alpha value is -4.14. The normalized spacial score (nSPS) is 13.9. The van der Waals surface area contributed by atoms with Crippen LogP contribution in [0.3, 0.4) is 0 Å². The number of ether oxygens (including phenoxy) is 1. The Balaban J connectivity index is 1.17. The van der Waals surface area contributed by atoms with Crippen LogP contribution in [-0.2, 0) is 11.2 Å². The molecular weight excluding hydrogens is 434 g/mol. The molecule has 2 aromatic carbocycles. The molecule has 0 saturated carbocycles. The number of amides is 1. The zero-order chi connectivity index (χ0) is 23.5. The number of methoxy groups -OCH3 is 1. The maximum atomic E-state index is 12.7. The SMILES string of the molecule is COc1ccc(N2CCN(C(=O)CCc3nc(-c4cc5ccccc5[nH]c4=O)no3)CC2)cc1. The highest BCUT2D eigenvalue weighted by Crippen LogP contribution is 2.21. The van der Waals surface area contributed by atoms with Crippen LogP contribution in [0.15, 0.2) is 63.9 Å². The molecular formula is C25H25N5O4. The summed E-state index contributed by atoms with van der Waals surface area (Å²) in [7, 11) is 1.65. The highest BCUT2D eigenvalue weighted by atomic mass is 16.5. The van der Waals surface area contributed by atoms with E-state index < -0.39 is 0 Å². The smallest absolute Gasteiger partial charge is 0.259 e. The molecule has 0 spiro atoms. The van der Waals surface area contributed by atoms with Crippen molar-refractivity contribution in [3.05, 3.63) is 70.8 Å². The molecule has 0 radical (unpaired) electrons. The van der Waals surface area contributed by atoms with Gasteiger partial charge in [0.15, 0.2) is 0 Å². The summed E-state index contributed by atoms with van der Waals surface area (Å²) in [6.45, 7) is 2.86. The van der Waals surface area contributed by atoms with Gasteiger partial charge in [-0.3, -0.25) is 9.59 Å². The Labute approximate surface area is 196 Å². The van der Waals surface area contributed by atoms with Crippen LogP contribution in [0.1, 0.15) is 12.3 Å². The van der Waals surface area contributed by atoms with Gasteiger partial charge in [-0.1, -0.05) is 23.4 Å². The van der Waals surface area contributed by atoms with Crippen molar-refractivity contribution in [3.63, 3.8) is 0 Å². The van der Waals surface area contributed by atoms with E-state index in [0.717, 1.165) is 35.4 Å². The van der Waals surface area contributed by atoms with E-state index in [4.69, 9.17) is 9.26 Å². The van der Waals surface area contributed by atoms with Gasteiger partial charge in [0.2, 0.25) is 17.6 Å². The molecule has 1 saturated heterocycles. The number of nitrogens with one attached hydrogen (secondary N) is 1. The molecule has 34 heavy (non-hydrogen) atoms. The van der Waals surface area contributed by atoms with Crippen LogP contribution in [-0.4, -0.2) is 59.2 Å². The van der Waals surface area contributed by atoms with Crippen molar-refractivity contribution in [1.29, 1.82) is 0 Å². The fourth-order valence-corrected chi connectivity index (χ4v) is 4.16. The van der Waals surface area contributed by atoms with Gasteiger partial charge < -0.3 is 24.0 Å². The third kappa shape index (κ3) is 4.50. The van der Waals surface area contributed by atoms with Crippen LogP contribution in [0.25, 0.3) is 22.3 Å². The number of nitrogens with zero attached hydrogens (tertiary/aromatic N) is 4. The van der Waals surface area contributed by atoms with Gasteiger partial charge in [0.05, 0.1) is 12.7 Å². The number of carbonyl (C=O) groups excluding carboxylic acids is 1. The molecule has 0 bridgehead atoms. The second kappa shape index (κ2) is 9.38. The van der Waals surface area contributed by atoms with Crippen molar-refractivity contribution >= 4 is 22.5 Å². The van der Waals surface area contributed by atoms with Gasteiger partial charge in [0.25, 0.3) is 5.56 Å². The molecule has 1 fully saturated rings. The molecule has 1 aliphatic rings. The minimum absolute atomic E-state index is 0.0534. The number of hydrogen-bond acceptors (Lipinski definition) is 7. The summed E-state index contributed by atoms with van der Waals surface area (Å²) in [5, 5.41) is 4.84. The Bertz CT molecular complexity index is 1350. The van der Waals surface area contributed by atoms with Crippen LogP contribution < -0.4 is 15.2 Å². The van der Waals surface area contributed by atoms with E-state index in [1.807, 2.05) is 53.4 Å². The summed E-state index contributed by atoms with van der Waals surface area (Å²) in [4.78, 5) is 36.5. The Morgan fingerprint density at radius 2 is 1.85 bits per heavy atom. The van der Waals surface area contributed by atoms with E-state index in [-0.39, 0.29) is 23.7 Å². The molecule has 1 aliphatic heterocycles. The highest BCUT2D eigenvalue weighted by molar-refractivity contribution is 5.82. The second-order valence-electron chi connectivity index (χ2n) is 8.18. The summed E-state index contributed by atoms with van der Waals surface area (Å²) >= 11 is 0. The first-order chi connectivity index (χ1) is 16.6. The van der Waals surface area contributed by atoms with Crippen molar-refractivity contribution in [3.8, 4) is 17.1 Å². The van der Waals surface area contributed by atoms with E-state index in [9.17, 15) is 9.59 Å². The number of benzene rings is 2. The first-order valence-corrected chi connectivity index (χ1v) is 11.2. The number of para-hydroxylation sites is 1. The van der Waals surface area contributed by atoms with Crippen LogP contribution in [0.4, 0.5) is 5.69 Å². The molecule has 9 nitrogen and oxygen atoms in total. The quantitative estimate of drug-likeness (QED) is 0.473. The number of rotatable bonds is 6. The van der Waals surface area contributed by atoms with Crippen LogP contribution in [0.5, 0.6) is 5.75 Å². The summed E-state index contributed by atoms with van der Waals surface area (Å²) in [6.07, 6.45) is 0.605. The van der Waals surface area contributed by atoms with E-state index in [1.165, 1.54) is 0 Å². The number of fused-ring (bicyclic) bond motifs is 1. The lowest BCUT2D eigenvalue weighted by molar-refractivity contribution is -0.131. The maximum Gasteiger partial charge on any atom is 0.259 e. The molecule has 1 N–H and O–H groups in total. The fourth-order valence-electron chi connectivity index (χ4n) is 4.16. The van der Waals surface area contributed by atoms with Crippen molar-refractivity contribution in [2.24, 2.45) is 0 Å². The summed E-state index contributed by atoms with van der Waals surface area (Å²) in [5.74, 6) is 1.44. The number of aryl methyl sites for hydroxylation is 1. The zero-order valence-electron chi connectivity index (χ0n) is 18.9. The number of hydrogen-bond donors (Lipinski definition) is 1. The molecule has 0 aliphatic carbocycles. The molecule has 4 aromatic rings. The van der Waals surface area contributed by atoms with Crippen molar-refractivity contribution in [2.45, 2.75) is 12.8 Å². The first kappa shape index (κ1) is 21.7. The minimum atomic E-state index is -0.281. The Morgan fingerprint density at radius 3 is 2.62 bits per heavy atom. The molecule has 3 heterocycles. The van der Waals surface area contributed by atoms with Crippen LogP contribution in [0, 0.1) is 0 Å². The minimum Gasteiger partial charge on any atom is -0.497 e. The van der Waals surface area contributed by atoms with Gasteiger partial charge in [-0.05, 0) is 41.8 Å². The standard InChI is InChI=1S/C25H25N5O4/c1-33-19-8-6-18(7-9-19)29-12-14-30(15-13-29)23(31)11-10-22-27-24(28-34-22)20-16-17-4-2-3-5-21(17)26-25(20)32/h2-9,16H,10-15H2,1H3,(H,26,32). The number of carbonyl (C=O) groups is 1. The molecule has 0 unspecified atom stereocenters. The van der Waals surface area contributed by atoms with E-state index in [2.05, 4.69) is 20.0 Å². The predicted molar refractivity (Wildman–Crippen MR) is 128 cm³/mol. The van der Waals surface area contributed by atoms with Crippen molar-refractivity contribution < 1.29 is 14.1 Å². The third-order valence-corrected chi connectivity index (χ3v) is 6.09. The highest BCUT2D eigenvalue weighted by Gasteiger charge is 2.22. The number of anilines is 1. The Morgan fingerprint density at radius 1 is 1.09 bits per heavy atom. The lowest BCUT2D eigenvalue weighted by Gasteiger charge is -2.36. The van der Waals surface area contributed by atoms with Gasteiger partial charge in [0, 0.05) is 50.2 Å². The first-order valence-electron chi connectivity index (χ1n) is 11.2. The molecule has 2 aromatic heterocycles. The lowest BCUT2D eigenvalue weighted by atomic mass is 10.1. The second-order valence-corrected chi connectivity index (χ2v) is 8.18. The molecule has 0 atom stereocenters. The van der Waals surface area contributed by atoms with Gasteiger partial charge in [-0.2, -0.15) is 4.98 Å². The molecule has 9 heteroatoms. The summed E-state index contributed by atoms with van der Waals surface area (Å²) in [5.41, 5.74) is 1.93. The molecule has 174 valence electrons. The van der Waals surface area contributed by atoms with Gasteiger partial charge >= 0.3 is 0 Å². The van der Waals surface area contributed by atoms with Crippen molar-refractivity contribution in [1.82, 2.24) is 20.0 Å². The van der Waals surface area contributed by atoms with Crippen molar-refractivity contribution in [2.75, 3.05) is 38.2 Å². The monoisotopic (exact) mass is 459 g/mol. The summed E-state index contributed by atoms with van der Waals surface area (Å²) in [6, 6.07) is 17.2. The number of aromatic nitrogens is 3. The lowest BCUT2D eigenvalue weighted by Crippen LogP contribution is -2.48. The fraction of sp³-hybridized carbons (Fsp3) is 0.280. The number of aromatic amines is 1. The topological polar surface area (TPSA) is 105 Å². The zero-order valence-corrected chi connectivity index (χ0v) is 18.9. The number of piperazine rings is 1. The van der Waals surface area contributed by atoms with E-state index >= 15 is 0 Å². The van der Waals surface area contributed by atoms with E-state index in [0.29, 0.717) is 31.0 Å². The summed E-state index contributed by atoms with van der Waals surface area (Å²) < 4.78 is 10.5. The van der Waals surface area contributed by atoms with Gasteiger partial charge in [-0.15, -0.1) is 0 Å². The third-order valence-electron chi connectivity index (χ3n) is 6.09. The average Bonchev–Trinajstić information content (AvgIpc) is 3.36. The number of H-pyrrole nitrogens is 1. The number of pyridine rings is 1. The molecule has 5 rings (SSSR count). The van der Waals surface area contributed by atoms with Crippen LogP contribution >= 0.6 is 0 Å². The van der Waals surface area contributed by atoms with Gasteiger partial charge in [-0.25, -0.2) is 0 Å². The predicted octanol–water partition coefficient (Wildman–Crippen LogP) is 2.87. The molecule has 1 amide bonds. The van der Waals surface area contributed by atoms with E-state index in [1.54, 1.807) is 13.2 Å². The largest absolute Gasteiger partial charge is 0.497 e. The van der Waals surface area contributed by atoms with Crippen LogP contribution in [0.2, 0.25) is 0 Å².